The number of likely N-dealkylation sites (N-methyl/N-ethyl adjacent to an activating group) is 1. The average molecular weight is 448 g/mol. The summed E-state index contributed by atoms with van der Waals surface area (Å²) >= 11 is 0. The molecule has 1 fully saturated rings. The highest BCUT2D eigenvalue weighted by atomic mass is 16.5. The molecule has 1 aliphatic heterocycles. The Balaban J connectivity index is 1.66. The van der Waals surface area contributed by atoms with E-state index in [9.17, 15) is 9.59 Å². The van der Waals surface area contributed by atoms with E-state index >= 15 is 0 Å². The normalized spacial score (nSPS) is 14.3. The van der Waals surface area contributed by atoms with Gasteiger partial charge in [0.25, 0.3) is 11.9 Å². The molecular formula is C21H20N8O4. The summed E-state index contributed by atoms with van der Waals surface area (Å²) in [5.41, 5.74) is 1.39. The molecule has 0 saturated carbocycles. The maximum absolute atomic E-state index is 12.2. The van der Waals surface area contributed by atoms with Crippen molar-refractivity contribution in [1.29, 1.82) is 0 Å². The molecule has 0 unspecified atom stereocenters. The van der Waals surface area contributed by atoms with E-state index in [4.69, 9.17) is 9.47 Å². The highest BCUT2D eigenvalue weighted by molar-refractivity contribution is 6.47. The Morgan fingerprint density at radius 3 is 1.70 bits per heavy atom. The summed E-state index contributed by atoms with van der Waals surface area (Å²) in [6.07, 6.45) is 0. The average Bonchev–Trinajstić information content (AvgIpc) is 3.06. The number of amidine groups is 1. The molecule has 1 aliphatic rings. The molecular weight excluding hydrogens is 428 g/mol. The van der Waals surface area contributed by atoms with Crippen LogP contribution in [0.5, 0.6) is 11.5 Å². The Bertz CT molecular complexity index is 1140. The molecule has 1 aromatic heterocycles. The van der Waals surface area contributed by atoms with Gasteiger partial charge in [-0.1, -0.05) is 0 Å². The van der Waals surface area contributed by atoms with Gasteiger partial charge in [-0.25, -0.2) is 4.79 Å². The number of hydrogen-bond donors (Lipinski definition) is 3. The summed E-state index contributed by atoms with van der Waals surface area (Å²) in [6.45, 7) is 0. The number of imide groups is 1. The first-order valence-electron chi connectivity index (χ1n) is 9.71. The molecule has 1 saturated heterocycles. The van der Waals surface area contributed by atoms with Crippen LogP contribution in [0, 0.1) is 0 Å². The van der Waals surface area contributed by atoms with E-state index in [2.05, 4.69) is 35.9 Å². The maximum Gasteiger partial charge on any atom is 0.329 e. The molecule has 33 heavy (non-hydrogen) atoms. The molecule has 0 bridgehead atoms. The van der Waals surface area contributed by atoms with Crippen molar-refractivity contribution in [2.75, 3.05) is 31.9 Å². The molecule has 3 amide bonds. The highest BCUT2D eigenvalue weighted by Crippen LogP contribution is 2.23. The number of hydrogen-bond acceptors (Lipinski definition) is 10. The number of ether oxygens (including phenoxy) is 2. The fourth-order valence-corrected chi connectivity index (χ4v) is 2.80. The quantitative estimate of drug-likeness (QED) is 0.465. The van der Waals surface area contributed by atoms with Crippen molar-refractivity contribution in [2.45, 2.75) is 0 Å². The smallest absolute Gasteiger partial charge is 0.329 e. The first-order valence-corrected chi connectivity index (χ1v) is 9.71. The van der Waals surface area contributed by atoms with E-state index in [0.717, 1.165) is 4.90 Å². The molecule has 0 aliphatic carbocycles. The largest absolute Gasteiger partial charge is 0.497 e. The SMILES string of the molecule is COc1ccc(Nc2nc(/N=C3\NC(=O)N(C)C3=O)nc(Nc3ccc(OC)cc3)n2)cc1. The lowest BCUT2D eigenvalue weighted by Crippen LogP contribution is -2.25. The fraction of sp³-hybridized carbons (Fsp3) is 0.143. The summed E-state index contributed by atoms with van der Waals surface area (Å²) < 4.78 is 10.3. The Hall–Kier alpha value is -4.74. The molecule has 2 heterocycles. The molecule has 3 N–H and O–H groups in total. The highest BCUT2D eigenvalue weighted by Gasteiger charge is 2.32. The van der Waals surface area contributed by atoms with Crippen LogP contribution in [0.15, 0.2) is 53.5 Å². The number of carbonyl (C=O) groups excluding carboxylic acids is 2. The molecule has 0 radical (unpaired) electrons. The predicted molar refractivity (Wildman–Crippen MR) is 121 cm³/mol. The summed E-state index contributed by atoms with van der Waals surface area (Å²) in [7, 11) is 4.51. The zero-order valence-corrected chi connectivity index (χ0v) is 18.0. The third-order valence-electron chi connectivity index (χ3n) is 4.56. The number of nitrogens with zero attached hydrogens (tertiary/aromatic N) is 5. The van der Waals surface area contributed by atoms with Crippen LogP contribution in [-0.2, 0) is 4.79 Å². The number of anilines is 4. The minimum absolute atomic E-state index is 0.0732. The van der Waals surface area contributed by atoms with Gasteiger partial charge >= 0.3 is 6.03 Å². The van der Waals surface area contributed by atoms with Crippen molar-refractivity contribution in [3.05, 3.63) is 48.5 Å². The number of carbonyl (C=O) groups is 2. The van der Waals surface area contributed by atoms with E-state index in [1.807, 2.05) is 0 Å². The van der Waals surface area contributed by atoms with Crippen LogP contribution >= 0.6 is 0 Å². The Morgan fingerprint density at radius 1 is 0.818 bits per heavy atom. The van der Waals surface area contributed by atoms with Gasteiger partial charge in [-0.15, -0.1) is 0 Å². The van der Waals surface area contributed by atoms with Crippen LogP contribution in [0.1, 0.15) is 0 Å². The van der Waals surface area contributed by atoms with E-state index in [1.165, 1.54) is 7.05 Å². The Morgan fingerprint density at radius 2 is 1.30 bits per heavy atom. The van der Waals surface area contributed by atoms with Crippen LogP contribution in [0.25, 0.3) is 0 Å². The second-order valence-corrected chi connectivity index (χ2v) is 6.74. The second kappa shape index (κ2) is 9.18. The van der Waals surface area contributed by atoms with Crippen molar-refractivity contribution in [1.82, 2.24) is 25.2 Å². The number of methoxy groups -OCH3 is 2. The molecule has 12 heteroatoms. The zero-order chi connectivity index (χ0) is 23.4. The summed E-state index contributed by atoms with van der Waals surface area (Å²) in [5, 5.41) is 8.51. The number of nitrogens with one attached hydrogen (secondary N) is 3. The molecule has 12 nitrogen and oxygen atoms in total. The van der Waals surface area contributed by atoms with Gasteiger partial charge in [-0.05, 0) is 48.5 Å². The first-order chi connectivity index (χ1) is 15.9. The van der Waals surface area contributed by atoms with Crippen molar-refractivity contribution < 1.29 is 19.1 Å². The predicted octanol–water partition coefficient (Wildman–Crippen LogP) is 2.59. The van der Waals surface area contributed by atoms with Gasteiger partial charge in [0.1, 0.15) is 11.5 Å². The maximum atomic E-state index is 12.2. The van der Waals surface area contributed by atoms with Gasteiger partial charge in [0, 0.05) is 18.4 Å². The number of aliphatic imine (C=N–C) groups is 1. The van der Waals surface area contributed by atoms with E-state index in [0.29, 0.717) is 22.9 Å². The molecule has 0 atom stereocenters. The molecule has 2 aromatic carbocycles. The van der Waals surface area contributed by atoms with Gasteiger partial charge in [0.05, 0.1) is 14.2 Å². The number of benzene rings is 2. The third-order valence-corrected chi connectivity index (χ3v) is 4.56. The van der Waals surface area contributed by atoms with Crippen LogP contribution < -0.4 is 25.4 Å². The van der Waals surface area contributed by atoms with Gasteiger partial charge in [-0.3, -0.25) is 15.0 Å². The fourth-order valence-electron chi connectivity index (χ4n) is 2.80. The number of aromatic nitrogens is 3. The van der Waals surface area contributed by atoms with Crippen LogP contribution in [0.2, 0.25) is 0 Å². The van der Waals surface area contributed by atoms with Gasteiger partial charge in [0.2, 0.25) is 17.7 Å². The number of urea groups is 1. The topological polar surface area (TPSA) is 143 Å². The van der Waals surface area contributed by atoms with Gasteiger partial charge in [-0.2, -0.15) is 19.9 Å². The summed E-state index contributed by atoms with van der Waals surface area (Å²) in [5.74, 6) is 0.908. The standard InChI is InChI=1S/C21H20N8O4/c1-29-17(30)16(25-21(29)31)24-20-27-18(22-12-4-8-14(32-2)9-5-12)26-19(28-20)23-13-6-10-15(33-3)11-7-13/h4-11H,1-3H3,(H3,22,23,24,25,26,27,28,31). The third kappa shape index (κ3) is 4.95. The minimum atomic E-state index is -0.588. The van der Waals surface area contributed by atoms with Gasteiger partial charge in [0.15, 0.2) is 0 Å². The lowest BCUT2D eigenvalue weighted by molar-refractivity contribution is -0.119. The van der Waals surface area contributed by atoms with Crippen molar-refractivity contribution in [2.24, 2.45) is 4.99 Å². The number of amides is 3. The Labute approximate surface area is 188 Å². The molecule has 0 spiro atoms. The summed E-state index contributed by atoms with van der Waals surface area (Å²) in [6, 6.07) is 13.7. The van der Waals surface area contributed by atoms with Crippen LogP contribution in [0.3, 0.4) is 0 Å². The van der Waals surface area contributed by atoms with Crippen molar-refractivity contribution >= 4 is 47.0 Å². The second-order valence-electron chi connectivity index (χ2n) is 6.74. The number of rotatable bonds is 7. The van der Waals surface area contributed by atoms with E-state index in [-0.39, 0.29) is 23.7 Å². The van der Waals surface area contributed by atoms with Crippen LogP contribution in [0.4, 0.5) is 34.0 Å². The molecule has 3 aromatic rings. The van der Waals surface area contributed by atoms with E-state index in [1.54, 1.807) is 62.8 Å². The molecule has 168 valence electrons. The summed E-state index contributed by atoms with van der Waals surface area (Å²) in [4.78, 5) is 41.8. The lowest BCUT2D eigenvalue weighted by atomic mass is 10.3. The molecule has 4 rings (SSSR count). The monoisotopic (exact) mass is 448 g/mol. The first kappa shape index (κ1) is 21.5. The van der Waals surface area contributed by atoms with Crippen molar-refractivity contribution in [3.63, 3.8) is 0 Å². The Kier molecular flexibility index (Phi) is 5.98. The zero-order valence-electron chi connectivity index (χ0n) is 18.0. The van der Waals surface area contributed by atoms with Crippen molar-refractivity contribution in [3.8, 4) is 11.5 Å². The van der Waals surface area contributed by atoms with Gasteiger partial charge < -0.3 is 20.1 Å². The lowest BCUT2D eigenvalue weighted by Gasteiger charge is -2.10. The van der Waals surface area contributed by atoms with E-state index < -0.39 is 11.9 Å². The minimum Gasteiger partial charge on any atom is -0.497 e. The van der Waals surface area contributed by atoms with Crippen LogP contribution in [-0.4, -0.2) is 58.9 Å².